The summed E-state index contributed by atoms with van der Waals surface area (Å²) < 4.78 is 43.8. The van der Waals surface area contributed by atoms with Crippen LogP contribution in [0.15, 0.2) is 231 Å². The molecular formula is C123H150N14O9. The molecule has 11 aromatic carbocycles. The molecule has 3 amide bonds. The number of amides is 3. The normalized spacial score (nSPS) is 19.4. The van der Waals surface area contributed by atoms with Crippen LogP contribution in [0, 0.1) is 5.92 Å². The van der Waals surface area contributed by atoms with Crippen LogP contribution >= 0.6 is 0 Å². The molecule has 146 heavy (non-hydrogen) atoms. The molecular weight excluding hydrogens is 1820 g/mol. The van der Waals surface area contributed by atoms with Gasteiger partial charge in [-0.1, -0.05) is 140 Å². The average molecular weight is 1970 g/mol. The molecule has 23 heteroatoms. The highest BCUT2D eigenvalue weighted by Crippen LogP contribution is 2.63. The van der Waals surface area contributed by atoms with Crippen LogP contribution in [0.3, 0.4) is 0 Å². The van der Waals surface area contributed by atoms with Gasteiger partial charge in [-0.2, -0.15) is 0 Å². The highest BCUT2D eigenvalue weighted by atomic mass is 16.5. The van der Waals surface area contributed by atoms with Crippen LogP contribution in [-0.4, -0.2) is 266 Å². The fourth-order valence-corrected chi connectivity index (χ4v) is 25.7. The smallest absolute Gasteiger partial charge is 0.255 e. The Kier molecular flexibility index (Phi) is 30.5. The van der Waals surface area contributed by atoms with Gasteiger partial charge in [-0.15, -0.1) is 0 Å². The van der Waals surface area contributed by atoms with Crippen molar-refractivity contribution in [1.29, 1.82) is 0 Å². The van der Waals surface area contributed by atoms with Gasteiger partial charge < -0.3 is 72.5 Å². The Morgan fingerprint density at radius 3 is 0.870 bits per heavy atom. The lowest BCUT2D eigenvalue weighted by Gasteiger charge is -2.45. The number of hydrogen-bond donors (Lipinski definition) is 0. The molecule has 2 bridgehead atoms. The van der Waals surface area contributed by atoms with Gasteiger partial charge in [0.15, 0.2) is 0 Å². The van der Waals surface area contributed by atoms with E-state index in [9.17, 15) is 0 Å². The van der Waals surface area contributed by atoms with E-state index in [0.717, 1.165) is 252 Å². The van der Waals surface area contributed by atoms with Crippen LogP contribution in [-0.2, 0) is 34.4 Å². The summed E-state index contributed by atoms with van der Waals surface area (Å²) in [6.45, 7) is 47.8. The quantitative estimate of drug-likeness (QED) is 0.0479. The van der Waals surface area contributed by atoms with Crippen LogP contribution < -0.4 is 53.1 Å². The first-order chi connectivity index (χ1) is 71.5. The Morgan fingerprint density at radius 2 is 0.548 bits per heavy atom. The Labute approximate surface area is 866 Å². The third-order valence-electron chi connectivity index (χ3n) is 33.4. The summed E-state index contributed by atoms with van der Waals surface area (Å²) in [6.07, 6.45) is 4.13. The fourth-order valence-electron chi connectivity index (χ4n) is 25.7. The Morgan fingerprint density at radius 1 is 0.274 bits per heavy atom. The number of fused-ring (bicyclic) bond motifs is 33. The lowest BCUT2D eigenvalue weighted by Crippen LogP contribution is -2.52. The van der Waals surface area contributed by atoms with Gasteiger partial charge in [0.2, 0.25) is 0 Å². The number of hydrogen-bond acceptors (Lipinski definition) is 20. The first-order valence-electron chi connectivity index (χ1n) is 54.8. The largest absolute Gasteiger partial charge is 0.492 e. The minimum absolute atomic E-state index is 0.000431. The van der Waals surface area contributed by atoms with Gasteiger partial charge in [0.25, 0.3) is 17.7 Å². The second-order valence-corrected chi connectivity index (χ2v) is 40.5. The summed E-state index contributed by atoms with van der Waals surface area (Å²) in [7, 11) is 0. The molecule has 9 aliphatic heterocycles. The molecule has 0 radical (unpaired) electrons. The number of carbonyl (C=O) groups excluding carboxylic acids is 3. The molecule has 0 saturated heterocycles. The van der Waals surface area contributed by atoms with E-state index in [1.165, 1.54) is 0 Å². The highest BCUT2D eigenvalue weighted by Gasteiger charge is 2.60. The third-order valence-corrected chi connectivity index (χ3v) is 33.4. The number of nitrogens with zero attached hydrogens (tertiary/aromatic N) is 14. The second kappa shape index (κ2) is 44.2. The first-order valence-corrected chi connectivity index (χ1v) is 54.8. The van der Waals surface area contributed by atoms with Crippen molar-refractivity contribution < 1.29 is 42.8 Å². The molecule has 2 unspecified atom stereocenters. The Bertz CT molecular complexity index is 6030. The number of ether oxygens (including phenoxy) is 6. The monoisotopic (exact) mass is 1970 g/mol. The molecule has 2 atom stereocenters. The molecule has 1 fully saturated rings. The summed E-state index contributed by atoms with van der Waals surface area (Å²) in [5, 5.41) is 0. The summed E-state index contributed by atoms with van der Waals surface area (Å²) in [4.78, 5) is 83.5. The van der Waals surface area contributed by atoms with Crippen molar-refractivity contribution in [2.24, 2.45) is 5.92 Å². The molecule has 0 aromatic heterocycles. The molecule has 10 aliphatic rings. The van der Waals surface area contributed by atoms with Gasteiger partial charge in [0.1, 0.15) is 75.8 Å². The zero-order valence-corrected chi connectivity index (χ0v) is 88.2. The number of anilines is 6. The molecule has 0 N–H and O–H groups in total. The maximum atomic E-state index is 16.6. The molecule has 1 saturated carbocycles. The van der Waals surface area contributed by atoms with Crippen molar-refractivity contribution in [3.63, 3.8) is 0 Å². The highest BCUT2D eigenvalue weighted by molar-refractivity contribution is 6.05. The minimum Gasteiger partial charge on any atom is -0.492 e. The van der Waals surface area contributed by atoms with Crippen molar-refractivity contribution in [2.75, 3.05) is 232 Å². The fraction of sp³-hybridized carbons (Fsp3) is 0.439. The molecule has 9 heterocycles. The van der Waals surface area contributed by atoms with E-state index in [2.05, 4.69) is 346 Å². The molecule has 766 valence electrons. The summed E-state index contributed by atoms with van der Waals surface area (Å²) in [6, 6.07) is 82.3. The van der Waals surface area contributed by atoms with Gasteiger partial charge in [-0.25, -0.2) is 0 Å². The lowest BCUT2D eigenvalue weighted by atomic mass is 9.74. The second-order valence-electron chi connectivity index (χ2n) is 40.5. The van der Waals surface area contributed by atoms with Crippen molar-refractivity contribution in [2.45, 2.75) is 145 Å². The summed E-state index contributed by atoms with van der Waals surface area (Å²) in [5.74, 6) is 6.24. The predicted molar refractivity (Wildman–Crippen MR) is 588 cm³/mol. The van der Waals surface area contributed by atoms with Crippen LogP contribution in [0.1, 0.15) is 201 Å². The molecule has 11 aromatic rings. The minimum atomic E-state index is -1.08. The molecule has 21 rings (SSSR count). The summed E-state index contributed by atoms with van der Waals surface area (Å²) in [5.41, 5.74) is 15.8. The number of carbonyl (C=O) groups is 3. The van der Waals surface area contributed by atoms with E-state index in [-0.39, 0.29) is 29.7 Å². The lowest BCUT2D eigenvalue weighted by molar-refractivity contribution is -0.0316. The number of para-hydroxylation sites is 2. The Balaban J connectivity index is 0.725. The topological polar surface area (TPSA) is 152 Å². The van der Waals surface area contributed by atoms with Crippen LogP contribution in [0.4, 0.5) is 34.1 Å². The van der Waals surface area contributed by atoms with E-state index in [4.69, 9.17) is 28.4 Å². The van der Waals surface area contributed by atoms with Gasteiger partial charge in [-0.05, 0) is 185 Å². The average Bonchev–Trinajstić information content (AvgIpc) is 1.52. The van der Waals surface area contributed by atoms with E-state index >= 15 is 14.4 Å². The van der Waals surface area contributed by atoms with Crippen LogP contribution in [0.25, 0.3) is 0 Å². The van der Waals surface area contributed by atoms with Gasteiger partial charge >= 0.3 is 0 Å². The first kappa shape index (κ1) is 101. The standard InChI is InChI=1S/C123H150N14O9/c1-13-129(14-2)91-49-55-103-112(79-91)144-113-80-92(130(15-3)16-4)50-56-104(113)121(103)100-43-31-28-40-97(100)118(138)135(121)70-67-126-64-61-124-62-65-127(68-71-136-119(139)98-41-29-32-44-101(98)122(136)105-57-51-93(131(17-5)18-6)81-114(105)145-115-82-94(52-58-106(115)122)132(19-7)20-8)86-89-38-26-35-47-110(89)142-77-74-125(73-76-141-109-46-34-25-37-88(109)85-126)75-78-143-111-48-36-27-39-90(111)87-128(66-63-124)69-72-137-120(140)99-42-30-33-45-102(99)123(137)107-59-53-95(133(21-9)22-10)83-116(107)146-117-84-96(54-60-108(117)123)134(23-11)24-12/h25-26,28-35,37-38,40-47,49-60,79-84,90,111H,13-24,27,36,39,48,61-78,85-87H2,1-12H3. The zero-order chi connectivity index (χ0) is 101. The van der Waals surface area contributed by atoms with E-state index in [1.807, 2.05) is 36.4 Å². The maximum Gasteiger partial charge on any atom is 0.255 e. The molecule has 23 nitrogen and oxygen atoms in total. The van der Waals surface area contributed by atoms with Crippen molar-refractivity contribution in [3.05, 3.63) is 308 Å². The summed E-state index contributed by atoms with van der Waals surface area (Å²) >= 11 is 0. The van der Waals surface area contributed by atoms with E-state index in [0.29, 0.717) is 148 Å². The SMILES string of the molecule is CCN(CC)c1ccc2c(c1)Oc1cc(N(CC)CC)ccc1C21c2ccccc2C(=O)N1CCN1CCN2CCN(CCN3C(=O)c4ccccc4C34c3ccc(N(CC)CC)cc3Oc3cc(N(CC)CC)ccc34)Cc3ccccc3OCCN(CCOc3ccccc3C1)CCOC1CCCCC1CN(CCN1C(=O)c3ccccc3C13c1ccc(N(CC)CC)cc1Oc1cc(N(CC)CC)ccc13)CC2. The third kappa shape index (κ3) is 18.5. The Hall–Kier alpha value is -12.6. The van der Waals surface area contributed by atoms with Crippen LogP contribution in [0.2, 0.25) is 0 Å². The van der Waals surface area contributed by atoms with E-state index < -0.39 is 16.6 Å². The van der Waals surface area contributed by atoms with Crippen molar-refractivity contribution in [3.8, 4) is 46.0 Å². The maximum absolute atomic E-state index is 16.6. The predicted octanol–water partition coefficient (Wildman–Crippen LogP) is 21.0. The van der Waals surface area contributed by atoms with Crippen molar-refractivity contribution in [1.82, 2.24) is 39.2 Å². The van der Waals surface area contributed by atoms with Gasteiger partial charge in [-0.3, -0.25) is 38.9 Å². The number of rotatable bonds is 27. The molecule has 3 spiro atoms. The number of benzene rings is 11. The van der Waals surface area contributed by atoms with Crippen LogP contribution in [0.5, 0.6) is 46.0 Å². The van der Waals surface area contributed by atoms with Crippen molar-refractivity contribution >= 4 is 51.8 Å². The molecule has 1 aliphatic carbocycles. The zero-order valence-electron chi connectivity index (χ0n) is 88.2. The van der Waals surface area contributed by atoms with Gasteiger partial charge in [0, 0.05) is 328 Å². The van der Waals surface area contributed by atoms with Gasteiger partial charge in [0.05, 0.1) is 12.7 Å². The van der Waals surface area contributed by atoms with E-state index in [1.54, 1.807) is 0 Å².